The highest BCUT2D eigenvalue weighted by Gasteiger charge is 2.51. The van der Waals surface area contributed by atoms with Crippen LogP contribution in [0.1, 0.15) is 32.1 Å². The van der Waals surface area contributed by atoms with Gasteiger partial charge in [-0.05, 0) is 43.9 Å². The normalized spacial score (nSPS) is 42.6. The molecule has 100 valence electrons. The van der Waals surface area contributed by atoms with Crippen LogP contribution in [0.15, 0.2) is 0 Å². The number of likely N-dealkylation sites (tertiary alicyclic amines) is 1. The Morgan fingerprint density at radius 3 is 2.56 bits per heavy atom. The molecule has 0 aromatic heterocycles. The molecule has 5 atom stereocenters. The van der Waals surface area contributed by atoms with Crippen molar-refractivity contribution in [1.82, 2.24) is 4.90 Å². The molecule has 3 aliphatic rings. The minimum Gasteiger partial charge on any atom is -0.426 e. The average Bonchev–Trinajstić information content (AvgIpc) is 3.03. The maximum absolute atomic E-state index is 12.6. The minimum absolute atomic E-state index is 0.0201. The number of hydrogen-bond donors (Lipinski definition) is 3. The molecule has 1 saturated heterocycles. The zero-order valence-electron chi connectivity index (χ0n) is 10.5. The van der Waals surface area contributed by atoms with Crippen molar-refractivity contribution in [2.75, 3.05) is 6.54 Å². The lowest BCUT2D eigenvalue weighted by atomic mass is 9.76. The number of carbonyl (C=O) groups is 1. The molecule has 0 aromatic rings. The molecule has 2 bridgehead atoms. The summed E-state index contributed by atoms with van der Waals surface area (Å²) in [7, 11) is -1.42. The van der Waals surface area contributed by atoms with Gasteiger partial charge in [0.1, 0.15) is 0 Å². The van der Waals surface area contributed by atoms with E-state index in [4.69, 9.17) is 5.73 Å². The summed E-state index contributed by atoms with van der Waals surface area (Å²) in [6.45, 7) is 0.641. The lowest BCUT2D eigenvalue weighted by Gasteiger charge is -2.33. The molecule has 3 rings (SSSR count). The molecule has 0 radical (unpaired) electrons. The topological polar surface area (TPSA) is 86.8 Å². The summed E-state index contributed by atoms with van der Waals surface area (Å²) in [6.07, 6.45) is 4.87. The highest BCUT2D eigenvalue weighted by atomic mass is 16.4. The van der Waals surface area contributed by atoms with Crippen LogP contribution < -0.4 is 5.73 Å². The summed E-state index contributed by atoms with van der Waals surface area (Å²) < 4.78 is 0. The lowest BCUT2D eigenvalue weighted by Crippen LogP contribution is -2.52. The Bertz CT molecular complexity index is 350. The molecular weight excluding hydrogens is 231 g/mol. The van der Waals surface area contributed by atoms with Gasteiger partial charge in [-0.3, -0.25) is 4.79 Å². The fourth-order valence-corrected chi connectivity index (χ4v) is 4.27. The Morgan fingerprint density at radius 1 is 1.22 bits per heavy atom. The van der Waals surface area contributed by atoms with Crippen molar-refractivity contribution in [1.29, 1.82) is 0 Å². The first-order chi connectivity index (χ1) is 8.59. The molecule has 1 amide bonds. The van der Waals surface area contributed by atoms with E-state index in [1.165, 1.54) is 0 Å². The average molecular weight is 252 g/mol. The van der Waals surface area contributed by atoms with Gasteiger partial charge in [-0.1, -0.05) is 0 Å². The van der Waals surface area contributed by atoms with E-state index in [0.29, 0.717) is 24.8 Å². The van der Waals surface area contributed by atoms with Gasteiger partial charge >= 0.3 is 7.12 Å². The largest absolute Gasteiger partial charge is 0.475 e. The minimum atomic E-state index is -1.42. The highest BCUT2D eigenvalue weighted by Crippen LogP contribution is 2.48. The number of nitrogens with two attached hydrogens (primary N) is 1. The second-order valence-corrected chi connectivity index (χ2v) is 6.09. The Morgan fingerprint density at radius 2 is 1.94 bits per heavy atom. The van der Waals surface area contributed by atoms with Crippen molar-refractivity contribution < 1.29 is 14.8 Å². The molecule has 6 heteroatoms. The van der Waals surface area contributed by atoms with Crippen molar-refractivity contribution in [3.63, 3.8) is 0 Å². The highest BCUT2D eigenvalue weighted by molar-refractivity contribution is 6.43. The van der Waals surface area contributed by atoms with E-state index in [2.05, 4.69) is 0 Å². The van der Waals surface area contributed by atoms with Gasteiger partial charge in [-0.2, -0.15) is 0 Å². The molecule has 18 heavy (non-hydrogen) atoms. The Kier molecular flexibility index (Phi) is 3.12. The monoisotopic (exact) mass is 252 g/mol. The summed E-state index contributed by atoms with van der Waals surface area (Å²) in [5, 5.41) is 18.7. The molecule has 4 N–H and O–H groups in total. The Balaban J connectivity index is 1.74. The predicted molar refractivity (Wildman–Crippen MR) is 67.2 cm³/mol. The third-order valence-electron chi connectivity index (χ3n) is 5.19. The molecule has 1 heterocycles. The molecule has 4 unspecified atom stereocenters. The summed E-state index contributed by atoms with van der Waals surface area (Å²) in [4.78, 5) is 14.2. The van der Waals surface area contributed by atoms with E-state index in [1.54, 1.807) is 4.90 Å². The molecule has 0 aromatic carbocycles. The van der Waals surface area contributed by atoms with Crippen molar-refractivity contribution in [3.8, 4) is 0 Å². The predicted octanol–water partition coefficient (Wildman–Crippen LogP) is -0.637. The van der Waals surface area contributed by atoms with Crippen LogP contribution in [-0.4, -0.2) is 46.5 Å². The zero-order chi connectivity index (χ0) is 12.9. The maximum Gasteiger partial charge on any atom is 0.475 e. The van der Waals surface area contributed by atoms with Crippen LogP contribution in [0.4, 0.5) is 0 Å². The maximum atomic E-state index is 12.6. The van der Waals surface area contributed by atoms with E-state index < -0.39 is 13.1 Å². The third kappa shape index (κ3) is 1.78. The third-order valence-corrected chi connectivity index (χ3v) is 5.19. The van der Waals surface area contributed by atoms with Gasteiger partial charge in [0, 0.05) is 12.6 Å². The van der Waals surface area contributed by atoms with Gasteiger partial charge < -0.3 is 20.7 Å². The van der Waals surface area contributed by atoms with Crippen LogP contribution in [0.3, 0.4) is 0 Å². The molecule has 2 aliphatic carbocycles. The van der Waals surface area contributed by atoms with E-state index in [0.717, 1.165) is 25.7 Å². The van der Waals surface area contributed by atoms with Crippen LogP contribution in [0.5, 0.6) is 0 Å². The van der Waals surface area contributed by atoms with Gasteiger partial charge in [-0.25, -0.2) is 0 Å². The summed E-state index contributed by atoms with van der Waals surface area (Å²) >= 11 is 0. The SMILES string of the molecule is NC1C2CCC(C2)C1C(=O)N1CCC[C@H]1B(O)O. The fraction of sp³-hybridized carbons (Fsp3) is 0.917. The van der Waals surface area contributed by atoms with Crippen molar-refractivity contribution >= 4 is 13.0 Å². The fourth-order valence-electron chi connectivity index (χ4n) is 4.27. The van der Waals surface area contributed by atoms with Crippen LogP contribution >= 0.6 is 0 Å². The van der Waals surface area contributed by atoms with E-state index in [1.807, 2.05) is 0 Å². The number of amides is 1. The smallest absolute Gasteiger partial charge is 0.426 e. The molecule has 5 nitrogen and oxygen atoms in total. The van der Waals surface area contributed by atoms with Crippen LogP contribution in [-0.2, 0) is 4.79 Å². The zero-order valence-corrected chi connectivity index (χ0v) is 10.5. The van der Waals surface area contributed by atoms with Crippen LogP contribution in [0.25, 0.3) is 0 Å². The number of rotatable bonds is 2. The van der Waals surface area contributed by atoms with E-state index >= 15 is 0 Å². The van der Waals surface area contributed by atoms with Gasteiger partial charge in [0.2, 0.25) is 5.91 Å². The van der Waals surface area contributed by atoms with E-state index in [-0.39, 0.29) is 17.9 Å². The quantitative estimate of drug-likeness (QED) is 0.571. The second kappa shape index (κ2) is 4.51. The Labute approximate surface area is 107 Å². The molecule has 2 saturated carbocycles. The van der Waals surface area contributed by atoms with Crippen molar-refractivity contribution in [3.05, 3.63) is 0 Å². The molecule has 3 fully saturated rings. The number of hydrogen-bond acceptors (Lipinski definition) is 4. The van der Waals surface area contributed by atoms with Gasteiger partial charge in [0.25, 0.3) is 0 Å². The number of fused-ring (bicyclic) bond motifs is 2. The summed E-state index contributed by atoms with van der Waals surface area (Å²) in [6, 6.07) is -0.0201. The molecular formula is C12H21BN2O3. The lowest BCUT2D eigenvalue weighted by molar-refractivity contribution is -0.137. The molecule has 1 aliphatic heterocycles. The van der Waals surface area contributed by atoms with Crippen LogP contribution in [0, 0.1) is 17.8 Å². The second-order valence-electron chi connectivity index (χ2n) is 6.09. The van der Waals surface area contributed by atoms with Gasteiger partial charge in [0.05, 0.1) is 11.9 Å². The van der Waals surface area contributed by atoms with E-state index in [9.17, 15) is 14.8 Å². The van der Waals surface area contributed by atoms with Gasteiger partial charge in [0.15, 0.2) is 0 Å². The summed E-state index contributed by atoms with van der Waals surface area (Å²) in [5.74, 6) is 0.482. The first-order valence-electron chi connectivity index (χ1n) is 7.02. The summed E-state index contributed by atoms with van der Waals surface area (Å²) in [5.41, 5.74) is 6.18. The standard InChI is InChI=1S/C12H21BN2O3/c14-11-8-4-3-7(6-8)10(11)12(16)15-5-1-2-9(15)13(17)18/h7-11,17-18H,1-6,14H2/t7?,8?,9-,10?,11?/m0/s1. The van der Waals surface area contributed by atoms with Crippen molar-refractivity contribution in [2.45, 2.75) is 44.1 Å². The Hall–Kier alpha value is -0.585. The van der Waals surface area contributed by atoms with Crippen molar-refractivity contribution in [2.24, 2.45) is 23.5 Å². The first-order valence-corrected chi connectivity index (χ1v) is 7.02. The molecule has 0 spiro atoms. The number of carbonyl (C=O) groups excluding carboxylic acids is 1. The number of nitrogens with zero attached hydrogens (tertiary/aromatic N) is 1. The van der Waals surface area contributed by atoms with Gasteiger partial charge in [-0.15, -0.1) is 0 Å². The first kappa shape index (κ1) is 12.4. The van der Waals surface area contributed by atoms with Crippen LogP contribution in [0.2, 0.25) is 0 Å².